The van der Waals surface area contributed by atoms with Crippen LogP contribution in [-0.2, 0) is 5.75 Å². The van der Waals surface area contributed by atoms with Gasteiger partial charge in [0.15, 0.2) is 5.22 Å². The van der Waals surface area contributed by atoms with Crippen molar-refractivity contribution in [3.05, 3.63) is 23.1 Å². The van der Waals surface area contributed by atoms with E-state index in [9.17, 15) is 0 Å². The zero-order chi connectivity index (χ0) is 8.10. The van der Waals surface area contributed by atoms with Gasteiger partial charge in [-0.05, 0) is 23.7 Å². The lowest BCUT2D eigenvalue weighted by atomic mass is 10.5. The Labute approximate surface area is 75.1 Å². The smallest absolute Gasteiger partial charge is 0.193 e. The van der Waals surface area contributed by atoms with Crippen LogP contribution in [0.2, 0.25) is 5.22 Å². The number of rotatable bonds is 3. The zero-order valence-electron chi connectivity index (χ0n) is 5.84. The maximum absolute atomic E-state index is 5.56. The van der Waals surface area contributed by atoms with Gasteiger partial charge >= 0.3 is 0 Å². The third-order valence-corrected chi connectivity index (χ3v) is 2.12. The number of hydrogen-bond acceptors (Lipinski definition) is 2. The van der Waals surface area contributed by atoms with Crippen molar-refractivity contribution in [3.8, 4) is 12.3 Å². The number of thioether (sulfide) groups is 1. The van der Waals surface area contributed by atoms with E-state index in [0.717, 1.165) is 11.5 Å². The first-order valence-electron chi connectivity index (χ1n) is 3.08. The summed E-state index contributed by atoms with van der Waals surface area (Å²) in [6.45, 7) is 0. The molecule has 58 valence electrons. The van der Waals surface area contributed by atoms with Crippen LogP contribution in [0, 0.1) is 12.3 Å². The van der Waals surface area contributed by atoms with E-state index in [2.05, 4.69) is 5.92 Å². The van der Waals surface area contributed by atoms with Crippen molar-refractivity contribution in [1.82, 2.24) is 0 Å². The van der Waals surface area contributed by atoms with E-state index < -0.39 is 0 Å². The summed E-state index contributed by atoms with van der Waals surface area (Å²) in [6.07, 6.45) is 5.07. The van der Waals surface area contributed by atoms with Crippen LogP contribution in [0.3, 0.4) is 0 Å². The molecule has 0 radical (unpaired) electrons. The van der Waals surface area contributed by atoms with Gasteiger partial charge in [-0.25, -0.2) is 0 Å². The molecular weight excluding hydrogens is 180 g/mol. The lowest BCUT2D eigenvalue weighted by molar-refractivity contribution is 0.532. The second kappa shape index (κ2) is 4.38. The van der Waals surface area contributed by atoms with Crippen LogP contribution in [0.15, 0.2) is 16.5 Å². The average molecular weight is 187 g/mol. The Bertz CT molecular complexity index is 261. The van der Waals surface area contributed by atoms with Crippen LogP contribution in [-0.4, -0.2) is 5.75 Å². The summed E-state index contributed by atoms with van der Waals surface area (Å²) >= 11 is 7.19. The maximum Gasteiger partial charge on any atom is 0.193 e. The quantitative estimate of drug-likeness (QED) is 0.532. The molecule has 11 heavy (non-hydrogen) atoms. The van der Waals surface area contributed by atoms with Crippen molar-refractivity contribution in [2.45, 2.75) is 5.75 Å². The van der Waals surface area contributed by atoms with E-state index >= 15 is 0 Å². The van der Waals surface area contributed by atoms with Gasteiger partial charge < -0.3 is 4.42 Å². The highest BCUT2D eigenvalue weighted by Gasteiger charge is 1.97. The van der Waals surface area contributed by atoms with Crippen molar-refractivity contribution in [1.29, 1.82) is 0 Å². The monoisotopic (exact) mass is 186 g/mol. The molecule has 3 heteroatoms. The number of hydrogen-bond donors (Lipinski definition) is 0. The molecule has 0 spiro atoms. The molecule has 0 saturated heterocycles. The van der Waals surface area contributed by atoms with Crippen LogP contribution >= 0.6 is 23.4 Å². The largest absolute Gasteiger partial charge is 0.449 e. The SMILES string of the molecule is C#CCSCc1ccc(Cl)o1. The normalized spacial score (nSPS) is 9.45. The van der Waals surface area contributed by atoms with Gasteiger partial charge in [-0.1, -0.05) is 5.92 Å². The first-order chi connectivity index (χ1) is 5.33. The predicted molar refractivity (Wildman–Crippen MR) is 48.7 cm³/mol. The van der Waals surface area contributed by atoms with Crippen molar-refractivity contribution >= 4 is 23.4 Å². The molecule has 0 aliphatic carbocycles. The molecule has 0 aliphatic rings. The Hall–Kier alpha value is -0.520. The summed E-state index contributed by atoms with van der Waals surface area (Å²) < 4.78 is 5.11. The topological polar surface area (TPSA) is 13.1 Å². The number of furan rings is 1. The van der Waals surface area contributed by atoms with Gasteiger partial charge in [-0.3, -0.25) is 0 Å². The van der Waals surface area contributed by atoms with Gasteiger partial charge in [0.25, 0.3) is 0 Å². The summed E-state index contributed by atoms with van der Waals surface area (Å²) in [7, 11) is 0. The van der Waals surface area contributed by atoms with Gasteiger partial charge in [0.2, 0.25) is 0 Å². The first kappa shape index (κ1) is 8.58. The van der Waals surface area contributed by atoms with Crippen molar-refractivity contribution in [2.24, 2.45) is 0 Å². The minimum absolute atomic E-state index is 0.432. The lowest BCUT2D eigenvalue weighted by Gasteiger charge is -1.90. The van der Waals surface area contributed by atoms with E-state index in [-0.39, 0.29) is 0 Å². The summed E-state index contributed by atoms with van der Waals surface area (Å²) in [5, 5.41) is 0.432. The molecule has 1 aromatic heterocycles. The van der Waals surface area contributed by atoms with Gasteiger partial charge in [0.05, 0.1) is 11.5 Å². The number of halogens is 1. The second-order valence-electron chi connectivity index (χ2n) is 1.90. The Morgan fingerprint density at radius 2 is 2.45 bits per heavy atom. The van der Waals surface area contributed by atoms with Crippen molar-refractivity contribution in [2.75, 3.05) is 5.75 Å². The van der Waals surface area contributed by atoms with Crippen LogP contribution in [0.25, 0.3) is 0 Å². The van der Waals surface area contributed by atoms with E-state index in [1.165, 1.54) is 0 Å². The van der Waals surface area contributed by atoms with Crippen LogP contribution in [0.4, 0.5) is 0 Å². The molecule has 1 nitrogen and oxygen atoms in total. The fraction of sp³-hybridized carbons (Fsp3) is 0.250. The maximum atomic E-state index is 5.56. The number of terminal acetylenes is 1. The van der Waals surface area contributed by atoms with Gasteiger partial charge in [0, 0.05) is 0 Å². The van der Waals surface area contributed by atoms with Crippen LogP contribution in [0.1, 0.15) is 5.76 Å². The lowest BCUT2D eigenvalue weighted by Crippen LogP contribution is -1.75. The molecule has 0 aromatic carbocycles. The molecule has 0 fully saturated rings. The highest BCUT2D eigenvalue weighted by atomic mass is 35.5. The molecule has 1 heterocycles. The Kier molecular flexibility index (Phi) is 3.41. The van der Waals surface area contributed by atoms with Gasteiger partial charge in [-0.15, -0.1) is 18.2 Å². The molecule has 0 aliphatic heterocycles. The zero-order valence-corrected chi connectivity index (χ0v) is 7.41. The van der Waals surface area contributed by atoms with E-state index in [1.54, 1.807) is 17.8 Å². The fourth-order valence-corrected chi connectivity index (χ4v) is 1.38. The van der Waals surface area contributed by atoms with E-state index in [0.29, 0.717) is 11.0 Å². The Morgan fingerprint density at radius 3 is 3.00 bits per heavy atom. The van der Waals surface area contributed by atoms with E-state index in [1.807, 2.05) is 6.07 Å². The fourth-order valence-electron chi connectivity index (χ4n) is 0.640. The molecule has 0 unspecified atom stereocenters. The second-order valence-corrected chi connectivity index (χ2v) is 3.26. The molecule has 1 rings (SSSR count). The highest BCUT2D eigenvalue weighted by molar-refractivity contribution is 7.98. The van der Waals surface area contributed by atoms with Gasteiger partial charge in [-0.2, -0.15) is 0 Å². The average Bonchev–Trinajstić information content (AvgIpc) is 2.37. The first-order valence-corrected chi connectivity index (χ1v) is 4.61. The third kappa shape index (κ3) is 2.92. The minimum atomic E-state index is 0.432. The van der Waals surface area contributed by atoms with Crippen LogP contribution in [0.5, 0.6) is 0 Å². The van der Waals surface area contributed by atoms with Crippen molar-refractivity contribution < 1.29 is 4.42 Å². The molecule has 1 aromatic rings. The molecule has 0 amide bonds. The summed E-state index contributed by atoms with van der Waals surface area (Å²) in [4.78, 5) is 0. The summed E-state index contributed by atoms with van der Waals surface area (Å²) in [6, 6.07) is 3.58. The molecule has 0 bridgehead atoms. The third-order valence-electron chi connectivity index (χ3n) is 1.06. The summed E-state index contributed by atoms with van der Waals surface area (Å²) in [5.41, 5.74) is 0. The predicted octanol–water partition coefficient (Wildman–Crippen LogP) is 2.80. The molecule has 0 N–H and O–H groups in total. The highest BCUT2D eigenvalue weighted by Crippen LogP contribution is 2.17. The Balaban J connectivity index is 2.34. The van der Waals surface area contributed by atoms with E-state index in [4.69, 9.17) is 22.4 Å². The van der Waals surface area contributed by atoms with Gasteiger partial charge in [0.1, 0.15) is 5.76 Å². The molecule has 0 atom stereocenters. The van der Waals surface area contributed by atoms with Crippen LogP contribution < -0.4 is 0 Å². The summed E-state index contributed by atoms with van der Waals surface area (Å²) in [5.74, 6) is 4.90. The van der Waals surface area contributed by atoms with Crippen molar-refractivity contribution in [3.63, 3.8) is 0 Å². The minimum Gasteiger partial charge on any atom is -0.449 e. The molecule has 0 saturated carbocycles. The standard InChI is InChI=1S/C8H7ClOS/c1-2-5-11-6-7-3-4-8(9)10-7/h1,3-4H,5-6H2. The molecular formula is C8H7ClOS. The Morgan fingerprint density at radius 1 is 1.64 bits per heavy atom.